The molecule has 22 aromatic carbocycles. The first-order chi connectivity index (χ1) is 69.4. The van der Waals surface area contributed by atoms with Crippen LogP contribution in [0, 0.1) is 0 Å². The number of rotatable bonds is 10. The summed E-state index contributed by atoms with van der Waals surface area (Å²) in [6.07, 6.45) is 0. The lowest BCUT2D eigenvalue weighted by molar-refractivity contribution is 0.794. The summed E-state index contributed by atoms with van der Waals surface area (Å²) in [7, 11) is 0. The van der Waals surface area contributed by atoms with Gasteiger partial charge in [-0.1, -0.05) is 406 Å². The van der Waals surface area contributed by atoms with Crippen LogP contribution >= 0.6 is 0 Å². The van der Waals surface area contributed by atoms with Gasteiger partial charge in [0.1, 0.15) is 0 Å². The van der Waals surface area contributed by atoms with Crippen LogP contribution in [0.4, 0.5) is 0 Å². The minimum absolute atomic E-state index is 0.499. The van der Waals surface area contributed by atoms with Crippen molar-refractivity contribution in [3.05, 3.63) is 530 Å². The number of fused-ring (bicyclic) bond motifs is 32. The molecule has 8 nitrogen and oxygen atoms in total. The molecule has 30 rings (SSSR count). The first kappa shape index (κ1) is 78.9. The largest absolute Gasteiger partial charge is 0.309 e. The highest BCUT2D eigenvalue weighted by Gasteiger charge is 2.54. The average molecular weight is 1780 g/mol. The van der Waals surface area contributed by atoms with Gasteiger partial charge in [-0.3, -0.25) is 0 Å². The van der Waals surface area contributed by atoms with Crippen LogP contribution in [0.15, 0.2) is 485 Å². The zero-order chi connectivity index (χ0) is 91.8. The molecule has 4 heterocycles. The van der Waals surface area contributed by atoms with Crippen molar-refractivity contribution in [2.24, 2.45) is 0 Å². The van der Waals surface area contributed by atoms with Crippen molar-refractivity contribution in [2.45, 2.75) is 10.8 Å². The molecule has 0 unspecified atom stereocenters. The molecular formula is C132H80N8. The van der Waals surface area contributed by atoms with Crippen molar-refractivity contribution in [3.63, 3.8) is 0 Å². The molecule has 0 saturated carbocycles. The van der Waals surface area contributed by atoms with Gasteiger partial charge in [-0.05, 0) is 233 Å². The molecule has 0 radical (unpaired) electrons. The van der Waals surface area contributed by atoms with E-state index in [1.807, 2.05) is 12.1 Å². The lowest BCUT2D eigenvalue weighted by atomic mass is 9.70. The summed E-state index contributed by atoms with van der Waals surface area (Å²) in [5.74, 6) is 3.71. The maximum atomic E-state index is 5.62. The molecule has 8 heteroatoms. The minimum atomic E-state index is -0.499. The van der Waals surface area contributed by atoms with Crippen LogP contribution in [-0.2, 0) is 10.8 Å². The quantitative estimate of drug-likeness (QED) is 0.127. The van der Waals surface area contributed by atoms with Crippen LogP contribution in [0.2, 0.25) is 0 Å². The van der Waals surface area contributed by atoms with Gasteiger partial charge in [-0.15, -0.1) is 0 Å². The van der Waals surface area contributed by atoms with Crippen molar-refractivity contribution < 1.29 is 0 Å². The molecule has 0 aliphatic heterocycles. The van der Waals surface area contributed by atoms with E-state index in [2.05, 4.69) is 482 Å². The number of hydrogen-bond acceptors (Lipinski definition) is 6. The summed E-state index contributed by atoms with van der Waals surface area (Å²) >= 11 is 0. The lowest BCUT2D eigenvalue weighted by Gasteiger charge is -2.30. The normalized spacial score (nSPS) is 13.0. The Bertz CT molecular complexity index is 9430. The van der Waals surface area contributed by atoms with Crippen LogP contribution < -0.4 is 0 Å². The second-order valence-corrected chi connectivity index (χ2v) is 37.3. The molecule has 0 atom stereocenters. The SMILES string of the molecule is c1ccc(-c2nc(-c3cc(-c4cc5ccccc5c5ccccc45)cc(-n4c5ccccc5c5ccccc54)c3)nc(-c3ccc4c(c3)C3(c5ccccc5-c5ccccc53)c3ccccc3-4)n2)cc1.c1ccc(-c2nc(-c3cc(-c4cc5ccccc5c5ccccc45)cc(-n4c5ccccc5c5ccccc54)c3)nc(-c3cccc4c3-c3ccccc3C43c4ccccc4-c4ccccc43)n2)cc1. The third-order valence-corrected chi connectivity index (χ3v) is 30.0. The molecule has 0 bridgehead atoms. The van der Waals surface area contributed by atoms with E-state index in [1.54, 1.807) is 0 Å². The predicted molar refractivity (Wildman–Crippen MR) is 574 cm³/mol. The summed E-state index contributed by atoms with van der Waals surface area (Å²) in [6, 6.07) is 176. The molecule has 4 aliphatic carbocycles. The van der Waals surface area contributed by atoms with Gasteiger partial charge < -0.3 is 9.13 Å². The van der Waals surface area contributed by atoms with Crippen LogP contribution in [0.1, 0.15) is 44.5 Å². The van der Waals surface area contributed by atoms with Gasteiger partial charge in [0, 0.05) is 66.3 Å². The highest BCUT2D eigenvalue weighted by molar-refractivity contribution is 6.17. The van der Waals surface area contributed by atoms with E-state index in [9.17, 15) is 0 Å². The molecule has 4 aromatic heterocycles. The second-order valence-electron chi connectivity index (χ2n) is 37.3. The Hall–Kier alpha value is -18.5. The molecule has 4 aliphatic rings. The zero-order valence-corrected chi connectivity index (χ0v) is 75.8. The Morgan fingerprint density at radius 2 is 0.421 bits per heavy atom. The van der Waals surface area contributed by atoms with E-state index in [0.29, 0.717) is 34.9 Å². The molecule has 26 aromatic rings. The summed E-state index contributed by atoms with van der Waals surface area (Å²) in [5, 5.41) is 14.5. The first-order valence-electron chi connectivity index (χ1n) is 48.0. The zero-order valence-electron chi connectivity index (χ0n) is 75.8. The number of nitrogens with zero attached hydrogens (tertiary/aromatic N) is 8. The number of aromatic nitrogens is 8. The lowest BCUT2D eigenvalue weighted by Crippen LogP contribution is -2.25. The Kier molecular flexibility index (Phi) is 17.5. The van der Waals surface area contributed by atoms with Gasteiger partial charge in [-0.25, -0.2) is 29.9 Å². The predicted octanol–water partition coefficient (Wildman–Crippen LogP) is 32.6. The van der Waals surface area contributed by atoms with Crippen molar-refractivity contribution in [1.29, 1.82) is 0 Å². The third kappa shape index (κ3) is 11.7. The van der Waals surface area contributed by atoms with Gasteiger partial charge in [0.2, 0.25) is 0 Å². The number of hydrogen-bond donors (Lipinski definition) is 0. The van der Waals surface area contributed by atoms with Crippen molar-refractivity contribution >= 4 is 86.7 Å². The van der Waals surface area contributed by atoms with E-state index < -0.39 is 10.8 Å². The van der Waals surface area contributed by atoms with E-state index in [4.69, 9.17) is 29.9 Å². The fourth-order valence-electron chi connectivity index (χ4n) is 24.3. The molecule has 0 amide bonds. The van der Waals surface area contributed by atoms with Gasteiger partial charge in [0.25, 0.3) is 0 Å². The van der Waals surface area contributed by atoms with E-state index in [-0.39, 0.29) is 0 Å². The van der Waals surface area contributed by atoms with Gasteiger partial charge in [-0.2, -0.15) is 0 Å². The average Bonchev–Trinajstić information content (AvgIpc) is 1.51. The summed E-state index contributed by atoms with van der Waals surface area (Å²) in [5.41, 5.74) is 35.8. The van der Waals surface area contributed by atoms with Crippen LogP contribution in [0.3, 0.4) is 0 Å². The molecule has 140 heavy (non-hydrogen) atoms. The maximum Gasteiger partial charge on any atom is 0.164 e. The highest BCUT2D eigenvalue weighted by Crippen LogP contribution is 2.66. The second kappa shape index (κ2) is 31.0. The summed E-state index contributed by atoms with van der Waals surface area (Å²) < 4.78 is 4.80. The minimum Gasteiger partial charge on any atom is -0.309 e. The van der Waals surface area contributed by atoms with E-state index in [1.165, 1.54) is 148 Å². The van der Waals surface area contributed by atoms with Gasteiger partial charge in [0.15, 0.2) is 34.9 Å². The molecular weight excluding hydrogens is 1700 g/mol. The summed E-state index contributed by atoms with van der Waals surface area (Å²) in [6.45, 7) is 0. The molecule has 2 spiro atoms. The third-order valence-electron chi connectivity index (χ3n) is 30.0. The van der Waals surface area contributed by atoms with Crippen molar-refractivity contribution in [3.8, 4) is 146 Å². The fraction of sp³-hybridized carbons (Fsp3) is 0.0152. The summed E-state index contributed by atoms with van der Waals surface area (Å²) in [4.78, 5) is 32.8. The molecule has 0 fully saturated rings. The Labute approximate surface area is 807 Å². The number of benzene rings is 22. The maximum absolute atomic E-state index is 5.62. The monoisotopic (exact) mass is 1780 g/mol. The highest BCUT2D eigenvalue weighted by atomic mass is 15.1. The first-order valence-corrected chi connectivity index (χ1v) is 48.0. The van der Waals surface area contributed by atoms with Crippen LogP contribution in [0.25, 0.3) is 233 Å². The van der Waals surface area contributed by atoms with E-state index in [0.717, 1.165) is 94.6 Å². The van der Waals surface area contributed by atoms with E-state index >= 15 is 0 Å². The van der Waals surface area contributed by atoms with Gasteiger partial charge in [0.05, 0.1) is 32.9 Å². The van der Waals surface area contributed by atoms with Crippen molar-refractivity contribution in [1.82, 2.24) is 39.0 Å². The molecule has 648 valence electrons. The Morgan fingerprint density at radius 1 is 0.143 bits per heavy atom. The van der Waals surface area contributed by atoms with Crippen LogP contribution in [0.5, 0.6) is 0 Å². The topological polar surface area (TPSA) is 87.2 Å². The molecule has 0 saturated heterocycles. The molecule has 0 N–H and O–H groups in total. The fourth-order valence-corrected chi connectivity index (χ4v) is 24.3. The standard InChI is InChI=1S/2C66H40N4/c1-2-19-41(20-3-1)63-67-64(69-65(68-63)54-30-18-34-59-62(54)53-29-10-15-33-58(53)66(59)56-31-13-8-25-49(56)50-26-9-14-32-57(50)66)44-37-43(55-40-42-21-4-5-22-46(42)47-23-6-7-24-48(47)55)38-45(39-44)70-60-35-16-11-27-51(60)52-28-12-17-36-61(52)70;1-2-18-41(19-3-1)63-67-64(43-34-35-53-52-26-10-15-31-59(52)66(60(53)40-43)57-29-13-8-24-50(57)51-25-9-14-30-58(51)66)69-65(68-63)45-36-44(56-39-42-20-4-5-21-47(42)48-22-6-7-23-49(48)56)37-46(38-45)70-61-32-16-11-27-54(61)55-28-12-17-33-62(55)70/h2*1-40H. The van der Waals surface area contributed by atoms with Crippen molar-refractivity contribution in [2.75, 3.05) is 0 Å². The number of para-hydroxylation sites is 4. The van der Waals surface area contributed by atoms with Gasteiger partial charge >= 0.3 is 0 Å². The smallest absolute Gasteiger partial charge is 0.164 e. The van der Waals surface area contributed by atoms with Crippen LogP contribution in [-0.4, -0.2) is 39.0 Å². The Morgan fingerprint density at radius 3 is 0.829 bits per heavy atom. The Balaban J connectivity index is 0.000000134.